The van der Waals surface area contributed by atoms with E-state index in [0.717, 1.165) is 31.4 Å². The predicted molar refractivity (Wildman–Crippen MR) is 113 cm³/mol. The Morgan fingerprint density at radius 1 is 1.21 bits per heavy atom. The van der Waals surface area contributed by atoms with E-state index in [4.69, 9.17) is 13.9 Å². The average molecular weight is 426 g/mol. The summed E-state index contributed by atoms with van der Waals surface area (Å²) in [7, 11) is -1.79. The molecule has 1 saturated carbocycles. The van der Waals surface area contributed by atoms with Gasteiger partial charge < -0.3 is 13.9 Å². The molecule has 1 aromatic heterocycles. The van der Waals surface area contributed by atoms with Gasteiger partial charge in [0.2, 0.25) is 0 Å². The summed E-state index contributed by atoms with van der Waals surface area (Å²) < 4.78 is 19.3. The van der Waals surface area contributed by atoms with Crippen molar-refractivity contribution < 1.29 is 18.8 Å². The van der Waals surface area contributed by atoms with Crippen molar-refractivity contribution in [1.82, 2.24) is 9.78 Å². The highest BCUT2D eigenvalue weighted by molar-refractivity contribution is 6.74. The van der Waals surface area contributed by atoms with Crippen LogP contribution in [-0.4, -0.2) is 49.4 Å². The van der Waals surface area contributed by atoms with E-state index in [2.05, 4.69) is 39.0 Å². The minimum atomic E-state index is -1.79. The van der Waals surface area contributed by atoms with Gasteiger partial charge in [-0.1, -0.05) is 20.8 Å². The lowest BCUT2D eigenvalue weighted by Crippen LogP contribution is -2.41. The zero-order valence-corrected chi connectivity index (χ0v) is 19.4. The van der Waals surface area contributed by atoms with Crippen LogP contribution in [0.1, 0.15) is 70.5 Å². The summed E-state index contributed by atoms with van der Waals surface area (Å²) >= 11 is 0. The minimum absolute atomic E-state index is 0.0595. The Bertz CT molecular complexity index is 718. The molecule has 1 saturated heterocycles. The Labute approximate surface area is 174 Å². The molecule has 0 amide bonds. The van der Waals surface area contributed by atoms with Gasteiger partial charge in [-0.25, -0.2) is 0 Å². The van der Waals surface area contributed by atoms with Crippen LogP contribution in [0.4, 0.5) is 5.69 Å². The fraction of sp³-hybridized carbons (Fsp3) is 0.850. The van der Waals surface area contributed by atoms with E-state index in [-0.39, 0.29) is 33.5 Å². The third-order valence-corrected chi connectivity index (χ3v) is 10.9. The summed E-state index contributed by atoms with van der Waals surface area (Å²) in [5.74, 6) is 0.390. The molecular formula is C20H35N3O5Si. The van der Waals surface area contributed by atoms with Crippen molar-refractivity contribution in [3.63, 3.8) is 0 Å². The first-order valence-electron chi connectivity index (χ1n) is 10.7. The number of nitrogens with zero attached hydrogens (tertiary/aromatic N) is 3. The van der Waals surface area contributed by atoms with Gasteiger partial charge in [0.1, 0.15) is 5.69 Å². The Morgan fingerprint density at radius 2 is 1.86 bits per heavy atom. The molecule has 1 aliphatic heterocycles. The van der Waals surface area contributed by atoms with E-state index in [9.17, 15) is 10.1 Å². The molecule has 2 fully saturated rings. The molecule has 8 nitrogen and oxygen atoms in total. The van der Waals surface area contributed by atoms with Crippen LogP contribution in [0.5, 0.6) is 5.88 Å². The van der Waals surface area contributed by atoms with E-state index in [1.807, 2.05) is 4.68 Å². The molecular weight excluding hydrogens is 390 g/mol. The molecule has 2 aliphatic rings. The standard InChI is InChI=1S/C20H35N3O5Si/c1-20(2,3)29(4,5)28-12-6-11-27-19-18(23(24)25)17(15-7-8-15)22(21-19)16-9-13-26-14-10-16/h15-16H,6-14H2,1-5H3. The average Bonchev–Trinajstić information content (AvgIpc) is 3.41. The number of aromatic nitrogens is 2. The molecule has 0 radical (unpaired) electrons. The Balaban J connectivity index is 1.66. The van der Waals surface area contributed by atoms with Crippen molar-refractivity contribution >= 4 is 14.0 Å². The molecule has 0 aromatic carbocycles. The van der Waals surface area contributed by atoms with Gasteiger partial charge in [-0.15, -0.1) is 5.10 Å². The molecule has 0 bridgehead atoms. The summed E-state index contributed by atoms with van der Waals surface area (Å²) in [6.07, 6.45) is 4.31. The maximum atomic E-state index is 11.8. The first-order chi connectivity index (χ1) is 13.6. The molecule has 3 rings (SSSR count). The van der Waals surface area contributed by atoms with Gasteiger partial charge in [-0.3, -0.25) is 14.8 Å². The highest BCUT2D eigenvalue weighted by Crippen LogP contribution is 2.48. The van der Waals surface area contributed by atoms with Crippen LogP contribution in [0, 0.1) is 10.1 Å². The van der Waals surface area contributed by atoms with E-state index >= 15 is 0 Å². The summed E-state index contributed by atoms with van der Waals surface area (Å²) in [4.78, 5) is 11.5. The van der Waals surface area contributed by atoms with Crippen molar-refractivity contribution in [3.8, 4) is 5.88 Å². The van der Waals surface area contributed by atoms with E-state index in [1.54, 1.807) is 0 Å². The first-order valence-corrected chi connectivity index (χ1v) is 13.6. The van der Waals surface area contributed by atoms with Gasteiger partial charge in [0.05, 0.1) is 17.6 Å². The summed E-state index contributed by atoms with van der Waals surface area (Å²) in [6.45, 7) is 13.4. The molecule has 0 N–H and O–H groups in total. The molecule has 1 aromatic rings. The van der Waals surface area contributed by atoms with Crippen LogP contribution in [-0.2, 0) is 9.16 Å². The van der Waals surface area contributed by atoms with Crippen LogP contribution in [0.2, 0.25) is 18.1 Å². The molecule has 0 atom stereocenters. The van der Waals surface area contributed by atoms with E-state index in [1.165, 1.54) is 0 Å². The van der Waals surface area contributed by atoms with Crippen LogP contribution >= 0.6 is 0 Å². The predicted octanol–water partition coefficient (Wildman–Crippen LogP) is 4.81. The molecule has 0 unspecified atom stereocenters. The molecule has 164 valence electrons. The van der Waals surface area contributed by atoms with Crippen LogP contribution in [0.15, 0.2) is 0 Å². The molecule has 2 heterocycles. The Morgan fingerprint density at radius 3 is 2.41 bits per heavy atom. The van der Waals surface area contributed by atoms with Gasteiger partial charge in [0.25, 0.3) is 0 Å². The zero-order chi connectivity index (χ0) is 21.2. The highest BCUT2D eigenvalue weighted by Gasteiger charge is 2.41. The Kier molecular flexibility index (Phi) is 6.69. The van der Waals surface area contributed by atoms with Crippen LogP contribution < -0.4 is 4.74 Å². The fourth-order valence-corrected chi connectivity index (χ4v) is 4.49. The van der Waals surface area contributed by atoms with E-state index < -0.39 is 8.32 Å². The maximum Gasteiger partial charge on any atom is 0.353 e. The van der Waals surface area contributed by atoms with Gasteiger partial charge in [0, 0.05) is 32.2 Å². The number of ether oxygens (including phenoxy) is 2. The minimum Gasteiger partial charge on any atom is -0.472 e. The topological polar surface area (TPSA) is 88.7 Å². The van der Waals surface area contributed by atoms with Crippen molar-refractivity contribution in [1.29, 1.82) is 0 Å². The lowest BCUT2D eigenvalue weighted by Gasteiger charge is -2.36. The second kappa shape index (κ2) is 8.73. The maximum absolute atomic E-state index is 11.8. The molecule has 29 heavy (non-hydrogen) atoms. The van der Waals surface area contributed by atoms with Gasteiger partial charge in [-0.2, -0.15) is 0 Å². The van der Waals surface area contributed by atoms with Crippen molar-refractivity contribution in [2.24, 2.45) is 0 Å². The molecule has 1 aliphatic carbocycles. The second-order valence-electron chi connectivity index (χ2n) is 9.67. The monoisotopic (exact) mass is 425 g/mol. The lowest BCUT2D eigenvalue weighted by molar-refractivity contribution is -0.386. The zero-order valence-electron chi connectivity index (χ0n) is 18.4. The SMILES string of the molecule is CC(C)(C)[Si](C)(C)OCCCOc1nn(C2CCOCC2)c(C2CC2)c1[N+](=O)[O-]. The van der Waals surface area contributed by atoms with Gasteiger partial charge >= 0.3 is 11.6 Å². The summed E-state index contributed by atoms with van der Waals surface area (Å²) in [6, 6.07) is 0.150. The molecule has 9 heteroatoms. The van der Waals surface area contributed by atoms with Gasteiger partial charge in [-0.05, 0) is 43.8 Å². The van der Waals surface area contributed by atoms with Crippen molar-refractivity contribution in [3.05, 3.63) is 15.8 Å². The summed E-state index contributed by atoms with van der Waals surface area (Å²) in [5.41, 5.74) is 0.804. The lowest BCUT2D eigenvalue weighted by atomic mass is 10.1. The smallest absolute Gasteiger partial charge is 0.353 e. The summed E-state index contributed by atoms with van der Waals surface area (Å²) in [5, 5.41) is 16.6. The Hall–Kier alpha value is -1.45. The normalized spacial score (nSPS) is 18.8. The van der Waals surface area contributed by atoms with Crippen LogP contribution in [0.3, 0.4) is 0 Å². The number of rotatable bonds is 9. The van der Waals surface area contributed by atoms with Crippen LogP contribution in [0.25, 0.3) is 0 Å². The third kappa shape index (κ3) is 5.18. The largest absolute Gasteiger partial charge is 0.472 e. The fourth-order valence-electron chi connectivity index (χ4n) is 3.40. The second-order valence-corrected chi connectivity index (χ2v) is 14.5. The van der Waals surface area contributed by atoms with E-state index in [0.29, 0.717) is 32.8 Å². The van der Waals surface area contributed by atoms with Crippen molar-refractivity contribution in [2.75, 3.05) is 26.4 Å². The van der Waals surface area contributed by atoms with Crippen molar-refractivity contribution in [2.45, 2.75) is 83.0 Å². The molecule has 0 spiro atoms. The number of hydrogen-bond acceptors (Lipinski definition) is 6. The first kappa shape index (κ1) is 22.2. The highest BCUT2D eigenvalue weighted by atomic mass is 28.4. The quantitative estimate of drug-likeness (QED) is 0.244. The third-order valence-electron chi connectivity index (χ3n) is 6.37. The van der Waals surface area contributed by atoms with Gasteiger partial charge in [0.15, 0.2) is 8.32 Å². The number of nitro groups is 1. The number of hydrogen-bond donors (Lipinski definition) is 0.